The second kappa shape index (κ2) is 9.61. The first-order valence-corrected chi connectivity index (χ1v) is 7.96. The Balaban J connectivity index is 0.00000289. The largest absolute Gasteiger partial charge is 0.546 e. The molecular formula is C11H24N2O3PRe-. The van der Waals surface area contributed by atoms with E-state index in [1.807, 2.05) is 13.8 Å². The second-order valence-electron chi connectivity index (χ2n) is 4.17. The summed E-state index contributed by atoms with van der Waals surface area (Å²) < 4.78 is 23.6. The average molecular weight is 450 g/mol. The zero-order valence-corrected chi connectivity index (χ0v) is 14.9. The van der Waals surface area contributed by atoms with Crippen molar-refractivity contribution in [1.29, 1.82) is 0 Å². The molecule has 0 saturated carbocycles. The van der Waals surface area contributed by atoms with Gasteiger partial charge in [-0.2, -0.15) is 6.61 Å². The van der Waals surface area contributed by atoms with Crippen molar-refractivity contribution in [3.63, 3.8) is 0 Å². The second-order valence-corrected chi connectivity index (χ2v) is 6.80. The molecule has 1 radical (unpaired) electrons. The summed E-state index contributed by atoms with van der Waals surface area (Å²) in [5.74, 6) is 0. The molecule has 2 unspecified atom stereocenters. The fourth-order valence-electron chi connectivity index (χ4n) is 1.95. The quantitative estimate of drug-likeness (QED) is 0.458. The fraction of sp³-hybridized carbons (Fsp3) is 0.909. The molecule has 1 aliphatic rings. The molecule has 0 spiro atoms. The molecule has 1 aliphatic heterocycles. The van der Waals surface area contributed by atoms with Gasteiger partial charge in [0.05, 0.1) is 12.7 Å². The monoisotopic (exact) mass is 450 g/mol. The van der Waals surface area contributed by atoms with E-state index in [-0.39, 0.29) is 32.2 Å². The van der Waals surface area contributed by atoms with Crippen LogP contribution in [0.3, 0.4) is 0 Å². The summed E-state index contributed by atoms with van der Waals surface area (Å²) in [5, 5.41) is 6.04. The van der Waals surface area contributed by atoms with Gasteiger partial charge in [-0.25, -0.2) is 5.09 Å². The summed E-state index contributed by atoms with van der Waals surface area (Å²) in [6, 6.07) is 0. The van der Waals surface area contributed by atoms with Crippen molar-refractivity contribution < 1.29 is 34.2 Å². The summed E-state index contributed by atoms with van der Waals surface area (Å²) in [6.45, 7) is 7.65. The van der Waals surface area contributed by atoms with E-state index in [0.29, 0.717) is 6.61 Å². The van der Waals surface area contributed by atoms with Crippen molar-refractivity contribution in [2.24, 2.45) is 0 Å². The molecule has 0 amide bonds. The van der Waals surface area contributed by atoms with Crippen LogP contribution in [0, 0.1) is 6.61 Å². The summed E-state index contributed by atoms with van der Waals surface area (Å²) in [7, 11) is -1.05. The van der Waals surface area contributed by atoms with Crippen LogP contribution in [0.5, 0.6) is 0 Å². The SMILES string of the molecule is CCC(CC)P(=O)(NC)OCC1CNC[CH-]O1.[Re]. The van der Waals surface area contributed by atoms with Gasteiger partial charge in [-0.15, -0.1) is 6.54 Å². The van der Waals surface area contributed by atoms with E-state index in [0.717, 1.165) is 25.9 Å². The van der Waals surface area contributed by atoms with Gasteiger partial charge < -0.3 is 14.6 Å². The minimum atomic E-state index is -2.75. The van der Waals surface area contributed by atoms with Gasteiger partial charge in [-0.3, -0.25) is 4.57 Å². The molecule has 2 N–H and O–H groups in total. The van der Waals surface area contributed by atoms with Gasteiger partial charge in [0.15, 0.2) is 0 Å². The summed E-state index contributed by atoms with van der Waals surface area (Å²) >= 11 is 0. The number of hydrogen-bond acceptors (Lipinski definition) is 4. The molecule has 1 heterocycles. The summed E-state index contributed by atoms with van der Waals surface area (Å²) in [4.78, 5) is 0. The Hall–Kier alpha value is 0.732. The normalized spacial score (nSPS) is 23.4. The van der Waals surface area contributed by atoms with Crippen LogP contribution in [0.1, 0.15) is 26.7 Å². The molecular weight excluding hydrogens is 425 g/mol. The third-order valence-corrected chi connectivity index (χ3v) is 5.92. The Bertz CT molecular complexity index is 259. The van der Waals surface area contributed by atoms with Crippen LogP contribution in [-0.2, 0) is 34.2 Å². The zero-order chi connectivity index (χ0) is 12.7. The predicted octanol–water partition coefficient (Wildman–Crippen LogP) is 1.75. The number of hydrogen-bond donors (Lipinski definition) is 2. The Kier molecular flexibility index (Phi) is 10.00. The van der Waals surface area contributed by atoms with Crippen molar-refractivity contribution in [3.05, 3.63) is 6.61 Å². The maximum Gasteiger partial charge on any atom is 0.272 e. The van der Waals surface area contributed by atoms with Gasteiger partial charge in [0.1, 0.15) is 0 Å². The van der Waals surface area contributed by atoms with Crippen LogP contribution in [0.15, 0.2) is 0 Å². The molecule has 5 nitrogen and oxygen atoms in total. The Morgan fingerprint density at radius 1 is 1.56 bits per heavy atom. The van der Waals surface area contributed by atoms with Gasteiger partial charge in [0.2, 0.25) is 0 Å². The molecule has 0 aliphatic carbocycles. The zero-order valence-electron chi connectivity index (χ0n) is 11.3. The molecule has 109 valence electrons. The number of rotatable bonds is 7. The smallest absolute Gasteiger partial charge is 0.272 e. The molecule has 7 heteroatoms. The number of nitrogens with one attached hydrogen (secondary N) is 2. The van der Waals surface area contributed by atoms with Crippen LogP contribution in [0.25, 0.3) is 0 Å². The third kappa shape index (κ3) is 5.38. The van der Waals surface area contributed by atoms with E-state index in [1.165, 1.54) is 0 Å². The standard InChI is InChI=1S/C11H24N2O3P.Re/c1-4-11(5-2)17(14,12-3)16-9-10-8-13-6-7-15-10;/h7,10-11,13H,4-6,8-9H2,1-3H3,(H,12,14);/q-1;. The van der Waals surface area contributed by atoms with Gasteiger partial charge >= 0.3 is 0 Å². The topological polar surface area (TPSA) is 59.6 Å². The van der Waals surface area contributed by atoms with Crippen LogP contribution in [0.4, 0.5) is 0 Å². The van der Waals surface area contributed by atoms with Crippen molar-refractivity contribution in [2.45, 2.75) is 38.5 Å². The van der Waals surface area contributed by atoms with Gasteiger partial charge in [0, 0.05) is 32.6 Å². The first kappa shape index (κ1) is 18.7. The molecule has 1 fully saturated rings. The minimum absolute atomic E-state index is 0. The average Bonchev–Trinajstić information content (AvgIpc) is 2.39. The first-order chi connectivity index (χ1) is 8.16. The summed E-state index contributed by atoms with van der Waals surface area (Å²) in [5.41, 5.74) is 0.0769. The van der Waals surface area contributed by atoms with E-state index in [1.54, 1.807) is 13.7 Å². The van der Waals surface area contributed by atoms with Crippen LogP contribution in [-0.4, -0.2) is 38.5 Å². The molecule has 18 heavy (non-hydrogen) atoms. The molecule has 0 aromatic rings. The van der Waals surface area contributed by atoms with Gasteiger partial charge in [0.25, 0.3) is 7.52 Å². The number of morpholine rings is 1. The van der Waals surface area contributed by atoms with E-state index in [2.05, 4.69) is 10.4 Å². The van der Waals surface area contributed by atoms with Gasteiger partial charge in [-0.1, -0.05) is 13.8 Å². The van der Waals surface area contributed by atoms with E-state index >= 15 is 0 Å². The maximum atomic E-state index is 12.6. The van der Waals surface area contributed by atoms with Crippen molar-refractivity contribution in [3.8, 4) is 0 Å². The van der Waals surface area contributed by atoms with E-state index < -0.39 is 7.52 Å². The number of ether oxygens (including phenoxy) is 1. The van der Waals surface area contributed by atoms with E-state index in [9.17, 15) is 4.57 Å². The van der Waals surface area contributed by atoms with Crippen molar-refractivity contribution >= 4 is 7.52 Å². The Morgan fingerprint density at radius 3 is 2.67 bits per heavy atom. The minimum Gasteiger partial charge on any atom is -0.546 e. The van der Waals surface area contributed by atoms with E-state index in [4.69, 9.17) is 9.26 Å². The molecule has 2 atom stereocenters. The van der Waals surface area contributed by atoms with Crippen molar-refractivity contribution in [2.75, 3.05) is 26.7 Å². The first-order valence-electron chi connectivity index (χ1n) is 6.27. The molecule has 0 aromatic carbocycles. The summed E-state index contributed by atoms with van der Waals surface area (Å²) in [6.07, 6.45) is 1.66. The van der Waals surface area contributed by atoms with Crippen LogP contribution in [0.2, 0.25) is 0 Å². The van der Waals surface area contributed by atoms with Crippen molar-refractivity contribution in [1.82, 2.24) is 10.4 Å². The Morgan fingerprint density at radius 2 is 2.22 bits per heavy atom. The van der Waals surface area contributed by atoms with Crippen LogP contribution < -0.4 is 10.4 Å². The van der Waals surface area contributed by atoms with Crippen LogP contribution >= 0.6 is 7.52 Å². The Labute approximate surface area is 124 Å². The molecule has 1 saturated heterocycles. The fourth-order valence-corrected chi connectivity index (χ4v) is 4.00. The predicted molar refractivity (Wildman–Crippen MR) is 69.0 cm³/mol. The molecule has 1 rings (SSSR count). The van der Waals surface area contributed by atoms with Gasteiger partial charge in [-0.05, 0) is 19.9 Å². The third-order valence-electron chi connectivity index (χ3n) is 3.08. The molecule has 0 bridgehead atoms. The molecule has 0 aromatic heterocycles. The maximum absolute atomic E-state index is 12.6.